The van der Waals surface area contributed by atoms with Gasteiger partial charge in [0.15, 0.2) is 11.6 Å². The van der Waals surface area contributed by atoms with Crippen LogP contribution < -0.4 is 10.6 Å². The lowest BCUT2D eigenvalue weighted by molar-refractivity contribution is 0.0980. The van der Waals surface area contributed by atoms with Gasteiger partial charge in [-0.15, -0.1) is 0 Å². The van der Waals surface area contributed by atoms with E-state index in [2.05, 4.69) is 17.6 Å². The molecule has 3 aromatic rings. The summed E-state index contributed by atoms with van der Waals surface area (Å²) in [6.07, 6.45) is 6.26. The molecule has 168 valence electrons. The third kappa shape index (κ3) is 4.18. The highest BCUT2D eigenvalue weighted by Gasteiger charge is 2.34. The number of carbonyl (C=O) groups excluding carboxylic acids is 2. The molecule has 1 atom stereocenters. The van der Waals surface area contributed by atoms with E-state index >= 15 is 0 Å². The first-order chi connectivity index (χ1) is 16.1. The van der Waals surface area contributed by atoms with Crippen LogP contribution in [-0.4, -0.2) is 17.6 Å². The van der Waals surface area contributed by atoms with Crippen molar-refractivity contribution < 1.29 is 9.59 Å². The SMILES string of the molecule is C[C@@H](Nc1ccc(NCc2ccccc2)c2c1C(=O)c1ccccc1C2=O)C1CCCCC1. The van der Waals surface area contributed by atoms with E-state index in [9.17, 15) is 9.59 Å². The molecule has 5 rings (SSSR count). The Morgan fingerprint density at radius 2 is 1.33 bits per heavy atom. The maximum Gasteiger partial charge on any atom is 0.196 e. The molecule has 0 aromatic heterocycles. The lowest BCUT2D eigenvalue weighted by atomic mass is 9.81. The van der Waals surface area contributed by atoms with Crippen LogP contribution in [0.5, 0.6) is 0 Å². The molecule has 2 aliphatic carbocycles. The maximum atomic E-state index is 13.6. The van der Waals surface area contributed by atoms with Gasteiger partial charge in [0.25, 0.3) is 0 Å². The third-order valence-corrected chi connectivity index (χ3v) is 7.14. The number of carbonyl (C=O) groups is 2. The summed E-state index contributed by atoms with van der Waals surface area (Å²) in [6.45, 7) is 2.79. The third-order valence-electron chi connectivity index (χ3n) is 7.14. The van der Waals surface area contributed by atoms with Gasteiger partial charge in [0.05, 0.1) is 11.1 Å². The van der Waals surface area contributed by atoms with Crippen LogP contribution in [0.3, 0.4) is 0 Å². The van der Waals surface area contributed by atoms with Crippen molar-refractivity contribution in [2.75, 3.05) is 10.6 Å². The Morgan fingerprint density at radius 1 is 0.758 bits per heavy atom. The summed E-state index contributed by atoms with van der Waals surface area (Å²) in [5.41, 5.74) is 4.54. The molecule has 33 heavy (non-hydrogen) atoms. The Bertz CT molecular complexity index is 1180. The second kappa shape index (κ2) is 9.22. The van der Waals surface area contributed by atoms with Crippen LogP contribution in [0.1, 0.15) is 76.4 Å². The summed E-state index contributed by atoms with van der Waals surface area (Å²) in [7, 11) is 0. The van der Waals surface area contributed by atoms with Crippen LogP contribution in [0.15, 0.2) is 66.7 Å². The van der Waals surface area contributed by atoms with Crippen LogP contribution in [0.25, 0.3) is 0 Å². The Kier molecular flexibility index (Phi) is 5.99. The molecule has 3 aromatic carbocycles. The van der Waals surface area contributed by atoms with Crippen LogP contribution >= 0.6 is 0 Å². The number of hydrogen-bond donors (Lipinski definition) is 2. The Hall–Kier alpha value is -3.40. The van der Waals surface area contributed by atoms with Gasteiger partial charge >= 0.3 is 0 Å². The number of ketones is 2. The summed E-state index contributed by atoms with van der Waals surface area (Å²) in [4.78, 5) is 27.2. The second-order valence-corrected chi connectivity index (χ2v) is 9.28. The number of benzene rings is 3. The molecule has 0 spiro atoms. The minimum Gasteiger partial charge on any atom is -0.382 e. The van der Waals surface area contributed by atoms with Gasteiger partial charge in [0, 0.05) is 35.1 Å². The molecule has 0 unspecified atom stereocenters. The lowest BCUT2D eigenvalue weighted by Crippen LogP contribution is -2.30. The van der Waals surface area contributed by atoms with Gasteiger partial charge in [-0.3, -0.25) is 9.59 Å². The highest BCUT2D eigenvalue weighted by atomic mass is 16.1. The predicted molar refractivity (Wildman–Crippen MR) is 133 cm³/mol. The molecule has 0 amide bonds. The molecule has 2 aliphatic rings. The van der Waals surface area contributed by atoms with Gasteiger partial charge in [-0.25, -0.2) is 0 Å². The first-order valence-electron chi connectivity index (χ1n) is 12.0. The topological polar surface area (TPSA) is 58.2 Å². The van der Waals surface area contributed by atoms with Crippen LogP contribution in [0, 0.1) is 5.92 Å². The maximum absolute atomic E-state index is 13.6. The summed E-state index contributed by atoms with van der Waals surface area (Å²) in [5, 5.41) is 7.04. The van der Waals surface area contributed by atoms with Gasteiger partial charge in [-0.1, -0.05) is 73.9 Å². The van der Waals surface area contributed by atoms with Gasteiger partial charge in [0.2, 0.25) is 0 Å². The molecule has 0 bridgehead atoms. The second-order valence-electron chi connectivity index (χ2n) is 9.28. The fourth-order valence-electron chi connectivity index (χ4n) is 5.28. The number of rotatable bonds is 6. The van der Waals surface area contributed by atoms with E-state index in [-0.39, 0.29) is 17.6 Å². The number of fused-ring (bicyclic) bond motifs is 2. The largest absolute Gasteiger partial charge is 0.382 e. The molecular weight excluding hydrogens is 408 g/mol. The number of nitrogens with one attached hydrogen (secondary N) is 2. The lowest BCUT2D eigenvalue weighted by Gasteiger charge is -2.31. The van der Waals surface area contributed by atoms with Crippen molar-refractivity contribution in [1.82, 2.24) is 0 Å². The minimum atomic E-state index is -0.0928. The molecule has 0 radical (unpaired) electrons. The molecule has 4 heteroatoms. The van der Waals surface area contributed by atoms with E-state index in [1.54, 1.807) is 12.1 Å². The molecular formula is C29H30N2O2. The summed E-state index contributed by atoms with van der Waals surface area (Å²) in [6, 6.07) is 21.4. The zero-order chi connectivity index (χ0) is 22.8. The first kappa shape index (κ1) is 21.4. The quantitative estimate of drug-likeness (QED) is 0.363. The smallest absolute Gasteiger partial charge is 0.196 e. The van der Waals surface area contributed by atoms with E-state index < -0.39 is 0 Å². The van der Waals surface area contributed by atoms with Crippen molar-refractivity contribution in [1.29, 1.82) is 0 Å². The first-order valence-corrected chi connectivity index (χ1v) is 12.0. The average Bonchev–Trinajstić information content (AvgIpc) is 2.87. The van der Waals surface area contributed by atoms with Crippen LogP contribution in [0.4, 0.5) is 11.4 Å². The Morgan fingerprint density at radius 3 is 2.00 bits per heavy atom. The Balaban J connectivity index is 1.53. The van der Waals surface area contributed by atoms with Gasteiger partial charge in [-0.05, 0) is 43.4 Å². The summed E-state index contributed by atoms with van der Waals surface area (Å²) >= 11 is 0. The molecule has 0 heterocycles. The van der Waals surface area contributed by atoms with Crippen molar-refractivity contribution in [2.45, 2.75) is 51.6 Å². The fourth-order valence-corrected chi connectivity index (χ4v) is 5.28. The zero-order valence-electron chi connectivity index (χ0n) is 19.1. The normalized spacial score (nSPS) is 16.6. The standard InChI is InChI=1S/C29H30N2O2/c1-19(21-12-6-3-7-13-21)31-25-17-16-24(30-18-20-10-4-2-5-11-20)26-27(25)29(33)23-15-9-8-14-22(23)28(26)32/h2,4-5,8-11,14-17,19,21,30-31H,3,6-7,12-13,18H2,1H3/t19-/m1/s1. The molecule has 0 saturated heterocycles. The predicted octanol–water partition coefficient (Wildman–Crippen LogP) is 6.45. The highest BCUT2D eigenvalue weighted by Crippen LogP contribution is 2.38. The molecule has 2 N–H and O–H groups in total. The van der Waals surface area contributed by atoms with E-state index in [4.69, 9.17) is 0 Å². The van der Waals surface area contributed by atoms with E-state index in [0.29, 0.717) is 40.4 Å². The van der Waals surface area contributed by atoms with Crippen LogP contribution in [-0.2, 0) is 6.54 Å². The summed E-state index contributed by atoms with van der Waals surface area (Å²) in [5.74, 6) is 0.415. The van der Waals surface area contributed by atoms with E-state index in [1.807, 2.05) is 54.6 Å². The van der Waals surface area contributed by atoms with E-state index in [1.165, 1.54) is 32.1 Å². The van der Waals surface area contributed by atoms with Crippen molar-refractivity contribution in [3.63, 3.8) is 0 Å². The van der Waals surface area contributed by atoms with Gasteiger partial charge < -0.3 is 10.6 Å². The molecule has 1 saturated carbocycles. The Labute approximate surface area is 195 Å². The van der Waals surface area contributed by atoms with Crippen LogP contribution in [0.2, 0.25) is 0 Å². The number of hydrogen-bond acceptors (Lipinski definition) is 4. The minimum absolute atomic E-state index is 0.0816. The fraction of sp³-hybridized carbons (Fsp3) is 0.310. The van der Waals surface area contributed by atoms with Crippen molar-refractivity contribution >= 4 is 22.9 Å². The van der Waals surface area contributed by atoms with Gasteiger partial charge in [0.1, 0.15) is 0 Å². The molecule has 0 aliphatic heterocycles. The zero-order valence-corrected chi connectivity index (χ0v) is 19.1. The molecule has 4 nitrogen and oxygen atoms in total. The van der Waals surface area contributed by atoms with Crippen molar-refractivity contribution in [2.24, 2.45) is 5.92 Å². The van der Waals surface area contributed by atoms with Crippen molar-refractivity contribution in [3.05, 3.63) is 94.5 Å². The monoisotopic (exact) mass is 438 g/mol. The molecule has 1 fully saturated rings. The van der Waals surface area contributed by atoms with E-state index in [0.717, 1.165) is 11.3 Å². The average molecular weight is 439 g/mol. The number of anilines is 2. The summed E-state index contributed by atoms with van der Waals surface area (Å²) < 4.78 is 0. The highest BCUT2D eigenvalue weighted by molar-refractivity contribution is 6.31. The van der Waals surface area contributed by atoms with Gasteiger partial charge in [-0.2, -0.15) is 0 Å². The van der Waals surface area contributed by atoms with Crippen molar-refractivity contribution in [3.8, 4) is 0 Å².